The lowest BCUT2D eigenvalue weighted by molar-refractivity contribution is -0.129. The van der Waals surface area contributed by atoms with Crippen LogP contribution in [0, 0.1) is 0 Å². The van der Waals surface area contributed by atoms with Crippen molar-refractivity contribution in [1.82, 2.24) is 14.5 Å². The molecule has 0 saturated carbocycles. The number of amides is 2. The molecule has 2 aromatic rings. The normalized spacial score (nSPS) is 11.4. The average Bonchev–Trinajstić information content (AvgIpc) is 3.12. The van der Waals surface area contributed by atoms with Crippen molar-refractivity contribution >= 4 is 33.2 Å². The van der Waals surface area contributed by atoms with Gasteiger partial charge in [-0.3, -0.25) is 9.59 Å². The van der Waals surface area contributed by atoms with Gasteiger partial charge in [0.05, 0.1) is 11.4 Å². The minimum Gasteiger partial charge on any atom is -0.343 e. The molecule has 0 aliphatic carbocycles. The third kappa shape index (κ3) is 4.90. The number of sulfonamides is 1. The van der Waals surface area contributed by atoms with Crippen LogP contribution in [0.25, 0.3) is 0 Å². The maximum Gasteiger partial charge on any atom is 0.251 e. The van der Waals surface area contributed by atoms with Crippen LogP contribution in [0.3, 0.4) is 0 Å². The van der Waals surface area contributed by atoms with Gasteiger partial charge in [-0.1, -0.05) is 6.07 Å². The summed E-state index contributed by atoms with van der Waals surface area (Å²) in [5.74, 6) is -0.736. The smallest absolute Gasteiger partial charge is 0.251 e. The van der Waals surface area contributed by atoms with Crippen molar-refractivity contribution in [3.63, 3.8) is 0 Å². The number of hydrogen-bond acceptors (Lipinski definition) is 5. The van der Waals surface area contributed by atoms with E-state index in [-0.39, 0.29) is 22.9 Å². The van der Waals surface area contributed by atoms with Crippen molar-refractivity contribution in [1.29, 1.82) is 0 Å². The summed E-state index contributed by atoms with van der Waals surface area (Å²) in [5, 5.41) is 6.42. The zero-order valence-electron chi connectivity index (χ0n) is 14.8. The Morgan fingerprint density at radius 2 is 1.88 bits per heavy atom. The van der Waals surface area contributed by atoms with Crippen LogP contribution in [0.15, 0.2) is 46.0 Å². The summed E-state index contributed by atoms with van der Waals surface area (Å²) in [6, 6.07) is 7.65. The summed E-state index contributed by atoms with van der Waals surface area (Å²) in [7, 11) is 0.877. The van der Waals surface area contributed by atoms with Crippen molar-refractivity contribution in [2.45, 2.75) is 11.4 Å². The first-order valence-corrected chi connectivity index (χ1v) is 10.2. The second-order valence-corrected chi connectivity index (χ2v) is 8.81. The molecule has 26 heavy (non-hydrogen) atoms. The number of nitrogens with zero attached hydrogens (tertiary/aromatic N) is 2. The van der Waals surface area contributed by atoms with Crippen LogP contribution in [0.1, 0.15) is 15.9 Å². The highest BCUT2D eigenvalue weighted by atomic mass is 32.2. The Hall–Kier alpha value is -2.23. The number of rotatable bonds is 7. The summed E-state index contributed by atoms with van der Waals surface area (Å²) in [6.45, 7) is 0.304. The van der Waals surface area contributed by atoms with Gasteiger partial charge in [-0.05, 0) is 40.6 Å². The monoisotopic (exact) mass is 395 g/mol. The van der Waals surface area contributed by atoms with Gasteiger partial charge in [0.15, 0.2) is 0 Å². The molecule has 0 radical (unpaired) electrons. The molecule has 1 aromatic heterocycles. The molecule has 0 bridgehead atoms. The van der Waals surface area contributed by atoms with Gasteiger partial charge >= 0.3 is 0 Å². The Kier molecular flexibility index (Phi) is 6.52. The number of carbonyl (C=O) groups excluding carboxylic acids is 2. The fraction of sp³-hybridized carbons (Fsp3) is 0.294. The molecule has 0 spiro atoms. The highest BCUT2D eigenvalue weighted by Crippen LogP contribution is 2.15. The topological polar surface area (TPSA) is 86.8 Å². The molecule has 7 nitrogen and oxygen atoms in total. The number of likely N-dealkylation sites (N-methyl/N-ethyl adjacent to an activating group) is 1. The average molecular weight is 396 g/mol. The predicted octanol–water partition coefficient (Wildman–Crippen LogP) is 1.39. The van der Waals surface area contributed by atoms with E-state index in [1.807, 2.05) is 16.8 Å². The van der Waals surface area contributed by atoms with E-state index < -0.39 is 15.9 Å². The third-order valence-electron chi connectivity index (χ3n) is 3.70. The van der Waals surface area contributed by atoms with E-state index in [0.29, 0.717) is 6.54 Å². The van der Waals surface area contributed by atoms with Crippen molar-refractivity contribution in [3.05, 3.63) is 52.2 Å². The quantitative estimate of drug-likeness (QED) is 0.767. The number of benzene rings is 1. The molecule has 9 heteroatoms. The molecule has 1 N–H and O–H groups in total. The first-order chi connectivity index (χ1) is 12.2. The number of carbonyl (C=O) groups is 2. The Bertz CT molecular complexity index is 877. The second kappa shape index (κ2) is 8.43. The summed E-state index contributed by atoms with van der Waals surface area (Å²) in [5.41, 5.74) is 1.21. The number of thiophene rings is 1. The molecule has 0 fully saturated rings. The lowest BCUT2D eigenvalue weighted by Gasteiger charge is -2.17. The first kappa shape index (κ1) is 20.1. The molecular formula is C17H21N3O4S2. The van der Waals surface area contributed by atoms with Crippen LogP contribution in [0.4, 0.5) is 0 Å². The van der Waals surface area contributed by atoms with E-state index in [1.54, 1.807) is 18.4 Å². The largest absolute Gasteiger partial charge is 0.343 e. The number of hydrogen-bond donors (Lipinski definition) is 1. The Labute approximate surface area is 157 Å². The minimum atomic E-state index is -3.63. The van der Waals surface area contributed by atoms with Gasteiger partial charge in [0.25, 0.3) is 5.91 Å². The zero-order valence-corrected chi connectivity index (χ0v) is 16.4. The molecule has 1 aromatic carbocycles. The Morgan fingerprint density at radius 1 is 1.15 bits per heavy atom. The Balaban J connectivity index is 1.98. The summed E-state index contributed by atoms with van der Waals surface area (Å²) in [4.78, 5) is 25.9. The summed E-state index contributed by atoms with van der Waals surface area (Å²) >= 11 is 1.55. The molecule has 0 saturated heterocycles. The van der Waals surface area contributed by atoms with E-state index in [0.717, 1.165) is 9.87 Å². The van der Waals surface area contributed by atoms with Crippen LogP contribution in [0.5, 0.6) is 0 Å². The van der Waals surface area contributed by atoms with Crippen LogP contribution in [0.2, 0.25) is 0 Å². The standard InChI is InChI=1S/C17H21N3O4S2/c1-19(2)26(23,24)15-6-4-5-14(9-15)17(22)18-10-16(21)20(3)11-13-7-8-25-12-13/h4-9,12H,10-11H2,1-3H3,(H,18,22). The van der Waals surface area contributed by atoms with Crippen molar-refractivity contribution < 1.29 is 18.0 Å². The molecule has 2 amide bonds. The summed E-state index contributed by atoms with van der Waals surface area (Å²) < 4.78 is 25.4. The van der Waals surface area contributed by atoms with Crippen molar-refractivity contribution in [3.8, 4) is 0 Å². The predicted molar refractivity (Wildman–Crippen MR) is 100 cm³/mol. The number of nitrogens with one attached hydrogen (secondary N) is 1. The molecule has 1 heterocycles. The molecule has 0 unspecified atom stereocenters. The SMILES string of the molecule is CN(Cc1ccsc1)C(=O)CNC(=O)c1cccc(S(=O)(=O)N(C)C)c1. The van der Waals surface area contributed by atoms with E-state index in [1.165, 1.54) is 43.3 Å². The highest BCUT2D eigenvalue weighted by molar-refractivity contribution is 7.89. The van der Waals surface area contributed by atoms with Gasteiger partial charge in [-0.2, -0.15) is 11.3 Å². The molecule has 0 aliphatic heterocycles. The molecule has 0 aliphatic rings. The fourth-order valence-electron chi connectivity index (χ4n) is 2.15. The minimum absolute atomic E-state index is 0.0241. The maximum absolute atomic E-state index is 12.2. The van der Waals surface area contributed by atoms with Crippen LogP contribution in [-0.2, 0) is 21.4 Å². The van der Waals surface area contributed by atoms with Gasteiger partial charge in [-0.15, -0.1) is 0 Å². The highest BCUT2D eigenvalue weighted by Gasteiger charge is 2.19. The van der Waals surface area contributed by atoms with E-state index in [2.05, 4.69) is 5.32 Å². The van der Waals surface area contributed by atoms with E-state index >= 15 is 0 Å². The lowest BCUT2D eigenvalue weighted by atomic mass is 10.2. The van der Waals surface area contributed by atoms with Gasteiger partial charge in [0.2, 0.25) is 15.9 Å². The van der Waals surface area contributed by atoms with Gasteiger partial charge in [0, 0.05) is 33.3 Å². The fourth-order valence-corrected chi connectivity index (χ4v) is 3.75. The van der Waals surface area contributed by atoms with Gasteiger partial charge in [-0.25, -0.2) is 12.7 Å². The van der Waals surface area contributed by atoms with Crippen LogP contribution < -0.4 is 5.32 Å². The molecule has 2 rings (SSSR count). The third-order valence-corrected chi connectivity index (χ3v) is 6.24. The maximum atomic E-state index is 12.2. The lowest BCUT2D eigenvalue weighted by Crippen LogP contribution is -2.37. The Morgan fingerprint density at radius 3 is 2.50 bits per heavy atom. The van der Waals surface area contributed by atoms with Crippen LogP contribution >= 0.6 is 11.3 Å². The zero-order chi connectivity index (χ0) is 19.3. The van der Waals surface area contributed by atoms with E-state index in [4.69, 9.17) is 0 Å². The van der Waals surface area contributed by atoms with Crippen molar-refractivity contribution in [2.24, 2.45) is 0 Å². The van der Waals surface area contributed by atoms with Gasteiger partial charge < -0.3 is 10.2 Å². The molecule has 140 valence electrons. The van der Waals surface area contributed by atoms with Crippen molar-refractivity contribution in [2.75, 3.05) is 27.7 Å². The molecule has 0 atom stereocenters. The first-order valence-electron chi connectivity index (χ1n) is 7.77. The van der Waals surface area contributed by atoms with Gasteiger partial charge in [0.1, 0.15) is 0 Å². The molecular weight excluding hydrogens is 374 g/mol. The van der Waals surface area contributed by atoms with Crippen LogP contribution in [-0.4, -0.2) is 57.1 Å². The summed E-state index contributed by atoms with van der Waals surface area (Å²) in [6.07, 6.45) is 0. The second-order valence-electron chi connectivity index (χ2n) is 5.88. The van der Waals surface area contributed by atoms with E-state index in [9.17, 15) is 18.0 Å².